The topological polar surface area (TPSA) is 0 Å². The fourth-order valence-corrected chi connectivity index (χ4v) is 2.24. The predicted octanol–water partition coefficient (Wildman–Crippen LogP) is 6.31. The first-order valence-corrected chi connectivity index (χ1v) is 8.20. The number of hydrogen-bond donors (Lipinski definition) is 0. The second kappa shape index (κ2) is 12.5. The maximum atomic E-state index is 3.03. The molecule has 3 aromatic rings. The standard InChI is InChI=1S/3C8H9.Co/c3*1-7-4-3-5-8(2)6-7;/h3*4-6H,1-2H3;/q3*-1;+3. The minimum absolute atomic E-state index is 0. The Kier molecular flexibility index (Phi) is 11.6. The van der Waals surface area contributed by atoms with Crippen molar-refractivity contribution in [3.05, 3.63) is 106 Å². The van der Waals surface area contributed by atoms with Crippen LogP contribution in [0, 0.1) is 59.7 Å². The maximum absolute atomic E-state index is 3.03. The van der Waals surface area contributed by atoms with E-state index in [1.54, 1.807) is 0 Å². The summed E-state index contributed by atoms with van der Waals surface area (Å²) in [5.41, 5.74) is 7.69. The molecule has 0 N–H and O–H groups in total. The first-order valence-electron chi connectivity index (χ1n) is 8.20. The van der Waals surface area contributed by atoms with Crippen LogP contribution in [-0.4, -0.2) is 0 Å². The zero-order chi connectivity index (χ0) is 17.9. The molecular formula is C24H27Co. The molecule has 25 heavy (non-hydrogen) atoms. The number of hydrogen-bond acceptors (Lipinski definition) is 0. The molecule has 0 unspecified atom stereocenters. The molecule has 0 saturated carbocycles. The van der Waals surface area contributed by atoms with Crippen LogP contribution >= 0.6 is 0 Å². The van der Waals surface area contributed by atoms with Crippen molar-refractivity contribution in [2.75, 3.05) is 0 Å². The fraction of sp³-hybridized carbons (Fsp3) is 0.250. The Balaban J connectivity index is 0.000000339. The Morgan fingerprint density at radius 2 is 0.560 bits per heavy atom. The normalized spacial score (nSPS) is 8.88. The maximum Gasteiger partial charge on any atom is 3.00 e. The van der Waals surface area contributed by atoms with E-state index in [0.717, 1.165) is 0 Å². The zero-order valence-electron chi connectivity index (χ0n) is 16.0. The molecule has 0 nitrogen and oxygen atoms in total. The SMILES string of the molecule is Cc1c[c-]cc(C)c1.Cc1c[c-]cc(C)c1.Cc1c[c-]cc(C)c1.[Co+3]. The van der Waals surface area contributed by atoms with Crippen molar-refractivity contribution in [3.8, 4) is 0 Å². The molecule has 0 aliphatic carbocycles. The van der Waals surface area contributed by atoms with Crippen molar-refractivity contribution in [1.82, 2.24) is 0 Å². The first-order chi connectivity index (χ1) is 11.4. The molecule has 0 saturated heterocycles. The second-order valence-corrected chi connectivity index (χ2v) is 6.26. The molecule has 0 amide bonds. The van der Waals surface area contributed by atoms with Crippen LogP contribution < -0.4 is 0 Å². The van der Waals surface area contributed by atoms with E-state index in [2.05, 4.69) is 77.9 Å². The molecule has 0 fully saturated rings. The van der Waals surface area contributed by atoms with Gasteiger partial charge in [0.2, 0.25) is 0 Å². The Bertz CT molecular complexity index is 589. The van der Waals surface area contributed by atoms with Crippen molar-refractivity contribution >= 4 is 0 Å². The van der Waals surface area contributed by atoms with Crippen LogP contribution in [-0.2, 0) is 16.8 Å². The third-order valence-electron chi connectivity index (χ3n) is 3.23. The quantitative estimate of drug-likeness (QED) is 0.405. The number of benzene rings is 3. The van der Waals surface area contributed by atoms with Crippen LogP contribution in [0.2, 0.25) is 0 Å². The molecule has 0 aliphatic heterocycles. The van der Waals surface area contributed by atoms with Gasteiger partial charge >= 0.3 is 16.8 Å². The Labute approximate surface area is 164 Å². The summed E-state index contributed by atoms with van der Waals surface area (Å²) >= 11 is 0. The van der Waals surface area contributed by atoms with Gasteiger partial charge in [-0.15, -0.1) is 0 Å². The predicted molar refractivity (Wildman–Crippen MR) is 104 cm³/mol. The minimum atomic E-state index is 0. The van der Waals surface area contributed by atoms with Crippen LogP contribution in [0.3, 0.4) is 0 Å². The number of rotatable bonds is 0. The van der Waals surface area contributed by atoms with Crippen molar-refractivity contribution in [1.29, 1.82) is 0 Å². The van der Waals surface area contributed by atoms with E-state index in [9.17, 15) is 0 Å². The van der Waals surface area contributed by atoms with Crippen molar-refractivity contribution in [2.45, 2.75) is 41.5 Å². The van der Waals surface area contributed by atoms with E-state index in [-0.39, 0.29) is 16.8 Å². The monoisotopic (exact) mass is 374 g/mol. The van der Waals surface area contributed by atoms with Gasteiger partial charge in [-0.2, -0.15) is 106 Å². The van der Waals surface area contributed by atoms with Gasteiger partial charge in [-0.3, -0.25) is 0 Å². The average Bonchev–Trinajstić information content (AvgIpc) is 2.47. The summed E-state index contributed by atoms with van der Waals surface area (Å²) in [6, 6.07) is 27.4. The van der Waals surface area contributed by atoms with Gasteiger partial charge in [-0.1, -0.05) is 41.5 Å². The third-order valence-corrected chi connectivity index (χ3v) is 3.23. The largest absolute Gasteiger partial charge is 3.00 e. The van der Waals surface area contributed by atoms with Gasteiger partial charge in [0.25, 0.3) is 0 Å². The molecule has 0 bridgehead atoms. The summed E-state index contributed by atoms with van der Waals surface area (Å²) in [5, 5.41) is 0. The van der Waals surface area contributed by atoms with Gasteiger partial charge < -0.3 is 0 Å². The average molecular weight is 374 g/mol. The van der Waals surface area contributed by atoms with Gasteiger partial charge in [0.1, 0.15) is 0 Å². The van der Waals surface area contributed by atoms with Gasteiger partial charge in [0, 0.05) is 0 Å². The molecule has 132 valence electrons. The van der Waals surface area contributed by atoms with E-state index in [4.69, 9.17) is 0 Å². The van der Waals surface area contributed by atoms with Gasteiger partial charge in [0.05, 0.1) is 0 Å². The van der Waals surface area contributed by atoms with E-state index in [1.807, 2.05) is 36.4 Å². The summed E-state index contributed by atoms with van der Waals surface area (Å²) in [5.74, 6) is 0. The Morgan fingerprint density at radius 3 is 0.640 bits per heavy atom. The van der Waals surface area contributed by atoms with Gasteiger partial charge in [0.15, 0.2) is 0 Å². The summed E-state index contributed by atoms with van der Waals surface area (Å²) < 4.78 is 0. The van der Waals surface area contributed by atoms with Crippen LogP contribution in [0.5, 0.6) is 0 Å². The second-order valence-electron chi connectivity index (χ2n) is 6.26. The van der Waals surface area contributed by atoms with Crippen LogP contribution in [0.4, 0.5) is 0 Å². The van der Waals surface area contributed by atoms with Crippen molar-refractivity contribution in [2.24, 2.45) is 0 Å². The van der Waals surface area contributed by atoms with Crippen LogP contribution in [0.15, 0.2) is 54.6 Å². The summed E-state index contributed by atoms with van der Waals surface area (Å²) in [6.45, 7) is 12.4. The molecule has 0 aliphatic rings. The molecule has 0 atom stereocenters. The Morgan fingerprint density at radius 1 is 0.400 bits per heavy atom. The van der Waals surface area contributed by atoms with E-state index in [0.29, 0.717) is 0 Å². The summed E-state index contributed by atoms with van der Waals surface area (Å²) in [4.78, 5) is 0. The van der Waals surface area contributed by atoms with Crippen LogP contribution in [0.1, 0.15) is 33.4 Å². The number of aryl methyl sites for hydroxylation is 6. The zero-order valence-corrected chi connectivity index (χ0v) is 17.1. The molecule has 3 rings (SSSR count). The molecule has 0 radical (unpaired) electrons. The third kappa shape index (κ3) is 11.4. The van der Waals surface area contributed by atoms with Crippen molar-refractivity contribution in [3.63, 3.8) is 0 Å². The fourth-order valence-electron chi connectivity index (χ4n) is 2.24. The minimum Gasteiger partial charge on any atom is -0.183 e. The summed E-state index contributed by atoms with van der Waals surface area (Å²) in [7, 11) is 0. The van der Waals surface area contributed by atoms with Gasteiger partial charge in [-0.05, 0) is 0 Å². The molecule has 0 aromatic heterocycles. The van der Waals surface area contributed by atoms with E-state index < -0.39 is 0 Å². The van der Waals surface area contributed by atoms with Crippen LogP contribution in [0.25, 0.3) is 0 Å². The molecule has 3 aromatic carbocycles. The molecule has 0 heterocycles. The van der Waals surface area contributed by atoms with Crippen molar-refractivity contribution < 1.29 is 16.8 Å². The molecule has 0 spiro atoms. The van der Waals surface area contributed by atoms with Gasteiger partial charge in [-0.25, -0.2) is 0 Å². The molecule has 1 heteroatoms. The first kappa shape index (κ1) is 23.2. The summed E-state index contributed by atoms with van der Waals surface area (Å²) in [6.07, 6.45) is 0. The van der Waals surface area contributed by atoms with E-state index >= 15 is 0 Å². The van der Waals surface area contributed by atoms with E-state index in [1.165, 1.54) is 33.4 Å². The Hall–Kier alpha value is -1.83. The smallest absolute Gasteiger partial charge is 0.183 e. The molecular weight excluding hydrogens is 347 g/mol.